The number of thioether (sulfide) groups is 1. The minimum absolute atomic E-state index is 0.0157. The van der Waals surface area contributed by atoms with Gasteiger partial charge in [0.05, 0.1) is 7.11 Å². The molecule has 106 valence electrons. The monoisotopic (exact) mass is 351 g/mol. The van der Waals surface area contributed by atoms with Gasteiger partial charge in [-0.25, -0.2) is 0 Å². The zero-order valence-corrected chi connectivity index (χ0v) is 13.9. The van der Waals surface area contributed by atoms with E-state index in [4.69, 9.17) is 10.5 Å². The number of methoxy groups -OCH3 is 1. The fourth-order valence-corrected chi connectivity index (χ4v) is 3.52. The molecule has 2 unspecified atom stereocenters. The van der Waals surface area contributed by atoms with E-state index in [0.29, 0.717) is 0 Å². The third-order valence-corrected chi connectivity index (χ3v) is 5.38. The SMILES string of the molecule is COc1ccc(C(N)C(C)Sc2ccccc2Br)cc1. The molecule has 0 saturated heterocycles. The molecule has 0 bridgehead atoms. The van der Waals surface area contributed by atoms with Crippen molar-refractivity contribution in [3.8, 4) is 5.75 Å². The van der Waals surface area contributed by atoms with E-state index in [2.05, 4.69) is 28.9 Å². The standard InChI is InChI=1S/C16H18BrNOS/c1-11(20-15-6-4-3-5-14(15)17)16(18)12-7-9-13(19-2)10-8-12/h3-11,16H,18H2,1-2H3. The van der Waals surface area contributed by atoms with Crippen LogP contribution in [0.3, 0.4) is 0 Å². The predicted molar refractivity (Wildman–Crippen MR) is 89.4 cm³/mol. The lowest BCUT2D eigenvalue weighted by Gasteiger charge is -2.20. The molecule has 2 rings (SSSR count). The third kappa shape index (κ3) is 3.78. The Bertz CT molecular complexity index is 559. The summed E-state index contributed by atoms with van der Waals surface area (Å²) in [6.07, 6.45) is 0. The summed E-state index contributed by atoms with van der Waals surface area (Å²) in [5.74, 6) is 0.854. The van der Waals surface area contributed by atoms with Crippen molar-refractivity contribution in [2.24, 2.45) is 5.73 Å². The summed E-state index contributed by atoms with van der Waals surface area (Å²) < 4.78 is 6.28. The van der Waals surface area contributed by atoms with Crippen LogP contribution in [-0.4, -0.2) is 12.4 Å². The summed E-state index contributed by atoms with van der Waals surface area (Å²) in [5, 5.41) is 0.280. The summed E-state index contributed by atoms with van der Waals surface area (Å²) in [6.45, 7) is 2.15. The molecule has 2 aromatic rings. The number of rotatable bonds is 5. The van der Waals surface area contributed by atoms with E-state index < -0.39 is 0 Å². The van der Waals surface area contributed by atoms with Gasteiger partial charge in [-0.15, -0.1) is 11.8 Å². The topological polar surface area (TPSA) is 35.2 Å². The highest BCUT2D eigenvalue weighted by atomic mass is 79.9. The minimum atomic E-state index is -0.0157. The van der Waals surface area contributed by atoms with Crippen molar-refractivity contribution >= 4 is 27.7 Å². The average molecular weight is 352 g/mol. The molecule has 2 N–H and O–H groups in total. The van der Waals surface area contributed by atoms with Crippen molar-refractivity contribution in [1.29, 1.82) is 0 Å². The van der Waals surface area contributed by atoms with E-state index in [1.54, 1.807) is 18.9 Å². The molecule has 0 heterocycles. The van der Waals surface area contributed by atoms with Gasteiger partial charge in [-0.2, -0.15) is 0 Å². The molecule has 0 spiro atoms. The normalized spacial score (nSPS) is 13.8. The number of halogens is 1. The summed E-state index contributed by atoms with van der Waals surface area (Å²) >= 11 is 5.35. The molecular weight excluding hydrogens is 334 g/mol. The first-order valence-electron chi connectivity index (χ1n) is 6.42. The van der Waals surface area contributed by atoms with Gasteiger partial charge >= 0.3 is 0 Å². The van der Waals surface area contributed by atoms with Crippen LogP contribution in [0, 0.1) is 0 Å². The Morgan fingerprint density at radius 3 is 2.35 bits per heavy atom. The van der Waals surface area contributed by atoms with Crippen LogP contribution < -0.4 is 10.5 Å². The lowest BCUT2D eigenvalue weighted by molar-refractivity contribution is 0.414. The predicted octanol–water partition coefficient (Wildman–Crippen LogP) is 4.64. The first-order chi connectivity index (χ1) is 9.61. The minimum Gasteiger partial charge on any atom is -0.497 e. The van der Waals surface area contributed by atoms with E-state index in [1.807, 2.05) is 42.5 Å². The number of ether oxygens (including phenoxy) is 1. The van der Waals surface area contributed by atoms with Crippen LogP contribution in [0.4, 0.5) is 0 Å². The molecule has 0 saturated carbocycles. The molecule has 2 nitrogen and oxygen atoms in total. The van der Waals surface area contributed by atoms with Crippen LogP contribution >= 0.6 is 27.7 Å². The zero-order chi connectivity index (χ0) is 14.5. The van der Waals surface area contributed by atoms with E-state index >= 15 is 0 Å². The second-order valence-corrected chi connectivity index (χ2v) is 6.83. The average Bonchev–Trinajstić information content (AvgIpc) is 2.49. The fraction of sp³-hybridized carbons (Fsp3) is 0.250. The Balaban J connectivity index is 2.08. The maximum absolute atomic E-state index is 6.35. The van der Waals surface area contributed by atoms with Crippen LogP contribution in [-0.2, 0) is 0 Å². The van der Waals surface area contributed by atoms with Gasteiger partial charge in [0.25, 0.3) is 0 Å². The molecular formula is C16H18BrNOS. The summed E-state index contributed by atoms with van der Waals surface area (Å²) in [7, 11) is 1.67. The van der Waals surface area contributed by atoms with E-state index in [-0.39, 0.29) is 11.3 Å². The van der Waals surface area contributed by atoms with Crippen LogP contribution in [0.2, 0.25) is 0 Å². The highest BCUT2D eigenvalue weighted by Crippen LogP contribution is 2.35. The van der Waals surface area contributed by atoms with Crippen molar-refractivity contribution in [2.75, 3.05) is 7.11 Å². The third-order valence-electron chi connectivity index (χ3n) is 3.16. The first kappa shape index (κ1) is 15.4. The molecule has 0 aliphatic rings. The smallest absolute Gasteiger partial charge is 0.118 e. The molecule has 0 radical (unpaired) electrons. The van der Waals surface area contributed by atoms with Crippen molar-refractivity contribution < 1.29 is 4.74 Å². The molecule has 0 fully saturated rings. The van der Waals surface area contributed by atoms with Crippen molar-refractivity contribution in [2.45, 2.75) is 23.1 Å². The van der Waals surface area contributed by atoms with E-state index in [0.717, 1.165) is 15.8 Å². The molecule has 0 amide bonds. The molecule has 0 aliphatic heterocycles. The summed E-state index contributed by atoms with van der Waals surface area (Å²) in [4.78, 5) is 1.21. The lowest BCUT2D eigenvalue weighted by Crippen LogP contribution is -2.21. The summed E-state index contributed by atoms with van der Waals surface area (Å²) in [6, 6.07) is 16.1. The number of hydrogen-bond donors (Lipinski definition) is 1. The van der Waals surface area contributed by atoms with E-state index in [9.17, 15) is 0 Å². The Morgan fingerprint density at radius 2 is 1.75 bits per heavy atom. The van der Waals surface area contributed by atoms with Gasteiger partial charge in [-0.1, -0.05) is 31.2 Å². The maximum Gasteiger partial charge on any atom is 0.118 e. The number of benzene rings is 2. The molecule has 0 aliphatic carbocycles. The maximum atomic E-state index is 6.35. The zero-order valence-electron chi connectivity index (χ0n) is 11.5. The Hall–Kier alpha value is -0.970. The van der Waals surface area contributed by atoms with Crippen LogP contribution in [0.5, 0.6) is 5.75 Å². The van der Waals surface area contributed by atoms with Crippen molar-refractivity contribution in [3.63, 3.8) is 0 Å². The highest BCUT2D eigenvalue weighted by Gasteiger charge is 2.17. The molecule has 0 aromatic heterocycles. The number of hydrogen-bond acceptors (Lipinski definition) is 3. The molecule has 2 atom stereocenters. The highest BCUT2D eigenvalue weighted by molar-refractivity contribution is 9.10. The molecule has 2 aromatic carbocycles. The number of nitrogens with two attached hydrogens (primary N) is 1. The van der Waals surface area contributed by atoms with Crippen LogP contribution in [0.1, 0.15) is 18.5 Å². The Labute approximate surface area is 132 Å². The second kappa shape index (κ2) is 7.16. The molecule has 20 heavy (non-hydrogen) atoms. The van der Waals surface area contributed by atoms with Crippen LogP contribution in [0.25, 0.3) is 0 Å². The summed E-state index contributed by atoms with van der Waals surface area (Å²) in [5.41, 5.74) is 7.47. The van der Waals surface area contributed by atoms with Gasteiger partial charge in [0, 0.05) is 20.7 Å². The van der Waals surface area contributed by atoms with Gasteiger partial charge in [0.1, 0.15) is 5.75 Å². The largest absolute Gasteiger partial charge is 0.497 e. The van der Waals surface area contributed by atoms with Gasteiger partial charge in [-0.3, -0.25) is 0 Å². The second-order valence-electron chi connectivity index (χ2n) is 4.55. The first-order valence-corrected chi connectivity index (χ1v) is 8.10. The van der Waals surface area contributed by atoms with Gasteiger partial charge < -0.3 is 10.5 Å². The van der Waals surface area contributed by atoms with Crippen molar-refractivity contribution in [3.05, 3.63) is 58.6 Å². The van der Waals surface area contributed by atoms with Gasteiger partial charge in [0.2, 0.25) is 0 Å². The fourth-order valence-electron chi connectivity index (χ4n) is 1.91. The molecule has 4 heteroatoms. The Kier molecular flexibility index (Phi) is 5.52. The van der Waals surface area contributed by atoms with E-state index in [1.165, 1.54) is 4.90 Å². The van der Waals surface area contributed by atoms with Gasteiger partial charge in [0.15, 0.2) is 0 Å². The van der Waals surface area contributed by atoms with Crippen LogP contribution in [0.15, 0.2) is 57.9 Å². The van der Waals surface area contributed by atoms with Gasteiger partial charge in [-0.05, 0) is 45.8 Å². The lowest BCUT2D eigenvalue weighted by atomic mass is 10.1. The quantitative estimate of drug-likeness (QED) is 0.797. The Morgan fingerprint density at radius 1 is 1.10 bits per heavy atom. The van der Waals surface area contributed by atoms with Crippen molar-refractivity contribution in [1.82, 2.24) is 0 Å².